The van der Waals surface area contributed by atoms with Crippen LogP contribution >= 0.6 is 11.6 Å². The second kappa shape index (κ2) is 7.64. The lowest BCUT2D eigenvalue weighted by Gasteiger charge is -2.25. The van der Waals surface area contributed by atoms with Gasteiger partial charge in [-0.25, -0.2) is 4.98 Å². The summed E-state index contributed by atoms with van der Waals surface area (Å²) >= 11 is 5.78. The molecule has 0 radical (unpaired) electrons. The highest BCUT2D eigenvalue weighted by Crippen LogP contribution is 2.36. The monoisotopic (exact) mass is 308 g/mol. The van der Waals surface area contributed by atoms with E-state index in [-0.39, 0.29) is 0 Å². The smallest absolute Gasteiger partial charge is 0.191 e. The molecule has 2 N–H and O–H groups in total. The first-order chi connectivity index (χ1) is 10.1. The van der Waals surface area contributed by atoms with Gasteiger partial charge in [0.05, 0.1) is 0 Å². The molecule has 4 nitrogen and oxygen atoms in total. The van der Waals surface area contributed by atoms with E-state index in [9.17, 15) is 0 Å². The van der Waals surface area contributed by atoms with Gasteiger partial charge in [0.25, 0.3) is 0 Å². The molecule has 1 heterocycles. The number of halogens is 1. The Morgan fingerprint density at radius 3 is 2.71 bits per heavy atom. The first kappa shape index (κ1) is 16.1. The molecule has 0 unspecified atom stereocenters. The van der Waals surface area contributed by atoms with Gasteiger partial charge in [0, 0.05) is 26.3 Å². The van der Waals surface area contributed by atoms with Crippen molar-refractivity contribution in [3.8, 4) is 0 Å². The van der Waals surface area contributed by atoms with Gasteiger partial charge in [-0.1, -0.05) is 37.4 Å². The lowest BCUT2D eigenvalue weighted by atomic mass is 9.89. The molecule has 1 aliphatic carbocycles. The van der Waals surface area contributed by atoms with Crippen LogP contribution in [-0.4, -0.2) is 31.1 Å². The highest BCUT2D eigenvalue weighted by atomic mass is 35.5. The molecule has 0 spiro atoms. The normalized spacial score (nSPS) is 17.8. The number of rotatable bonds is 5. The minimum Gasteiger partial charge on any atom is -0.356 e. The fourth-order valence-corrected chi connectivity index (χ4v) is 2.91. The Bertz CT molecular complexity index is 464. The predicted octanol–water partition coefficient (Wildman–Crippen LogP) is 3.02. The Morgan fingerprint density at radius 2 is 2.10 bits per heavy atom. The maximum atomic E-state index is 5.78. The number of hydrogen-bond acceptors (Lipinski definition) is 2. The molecule has 0 aromatic carbocycles. The topological polar surface area (TPSA) is 49.3 Å². The fraction of sp³-hybridized carbons (Fsp3) is 0.625. The summed E-state index contributed by atoms with van der Waals surface area (Å²) in [4.78, 5) is 8.37. The first-order valence-corrected chi connectivity index (χ1v) is 8.04. The molecule has 1 aliphatic rings. The highest BCUT2D eigenvalue weighted by molar-refractivity contribution is 6.29. The number of hydrogen-bond donors (Lipinski definition) is 2. The molecule has 0 saturated heterocycles. The first-order valence-electron chi connectivity index (χ1n) is 7.66. The largest absolute Gasteiger partial charge is 0.356 e. The van der Waals surface area contributed by atoms with Gasteiger partial charge in [-0.2, -0.15) is 0 Å². The molecule has 1 aromatic rings. The van der Waals surface area contributed by atoms with Crippen LogP contribution in [0.3, 0.4) is 0 Å². The van der Waals surface area contributed by atoms with Gasteiger partial charge in [0.2, 0.25) is 0 Å². The molecule has 0 bridgehead atoms. The van der Waals surface area contributed by atoms with E-state index in [1.54, 1.807) is 0 Å². The van der Waals surface area contributed by atoms with Crippen LogP contribution in [0.15, 0.2) is 23.3 Å². The lowest BCUT2D eigenvalue weighted by molar-refractivity contribution is 0.334. The van der Waals surface area contributed by atoms with Crippen LogP contribution in [0.1, 0.15) is 38.2 Å². The SMILES string of the molecule is CN=C(NCCc1ccc(Cl)nc1)NCC1(C)CCCC1. The number of aliphatic imine (C=N–C) groups is 1. The standard InChI is InChI=1S/C16H25ClN4/c1-16(8-3-4-9-16)12-21-15(18-2)19-10-7-13-5-6-14(17)20-11-13/h5-6,11H,3-4,7-10,12H2,1-2H3,(H2,18,19,21). The molecule has 0 aliphatic heterocycles. The van der Waals surface area contributed by atoms with Gasteiger partial charge in [-0.3, -0.25) is 4.99 Å². The molecule has 2 rings (SSSR count). The fourth-order valence-electron chi connectivity index (χ4n) is 2.80. The van der Waals surface area contributed by atoms with E-state index in [2.05, 4.69) is 27.5 Å². The summed E-state index contributed by atoms with van der Waals surface area (Å²) in [5.41, 5.74) is 1.60. The van der Waals surface area contributed by atoms with Gasteiger partial charge in [0.1, 0.15) is 5.15 Å². The summed E-state index contributed by atoms with van der Waals surface area (Å²) in [5, 5.41) is 7.34. The number of guanidine groups is 1. The number of pyridine rings is 1. The van der Waals surface area contributed by atoms with Crippen molar-refractivity contribution in [2.24, 2.45) is 10.4 Å². The highest BCUT2D eigenvalue weighted by Gasteiger charge is 2.28. The maximum absolute atomic E-state index is 5.78. The van der Waals surface area contributed by atoms with Crippen molar-refractivity contribution in [1.82, 2.24) is 15.6 Å². The molecule has 0 atom stereocenters. The third kappa shape index (κ3) is 5.20. The summed E-state index contributed by atoms with van der Waals surface area (Å²) in [5.74, 6) is 0.880. The third-order valence-corrected chi connectivity index (χ3v) is 4.44. The van der Waals surface area contributed by atoms with E-state index >= 15 is 0 Å². The zero-order valence-corrected chi connectivity index (χ0v) is 13.7. The number of nitrogens with one attached hydrogen (secondary N) is 2. The molecular formula is C16H25ClN4. The molecule has 1 aromatic heterocycles. The lowest BCUT2D eigenvalue weighted by Crippen LogP contribution is -2.42. The molecular weight excluding hydrogens is 284 g/mol. The van der Waals surface area contributed by atoms with E-state index in [1.165, 1.54) is 31.2 Å². The van der Waals surface area contributed by atoms with Crippen LogP contribution in [0.5, 0.6) is 0 Å². The summed E-state index contributed by atoms with van der Waals surface area (Å²) in [6.45, 7) is 4.19. The minimum absolute atomic E-state index is 0.428. The van der Waals surface area contributed by atoms with Crippen molar-refractivity contribution in [2.75, 3.05) is 20.1 Å². The molecule has 0 amide bonds. The predicted molar refractivity (Wildman–Crippen MR) is 88.9 cm³/mol. The quantitative estimate of drug-likeness (QED) is 0.499. The van der Waals surface area contributed by atoms with Crippen LogP contribution in [0.25, 0.3) is 0 Å². The van der Waals surface area contributed by atoms with Gasteiger partial charge < -0.3 is 10.6 Å². The maximum Gasteiger partial charge on any atom is 0.191 e. The van der Waals surface area contributed by atoms with Crippen LogP contribution < -0.4 is 10.6 Å². The Labute approximate surface area is 132 Å². The average molecular weight is 309 g/mol. The zero-order valence-electron chi connectivity index (χ0n) is 13.0. The Balaban J connectivity index is 1.71. The van der Waals surface area contributed by atoms with E-state index in [1.807, 2.05) is 25.4 Å². The third-order valence-electron chi connectivity index (χ3n) is 4.21. The zero-order chi connectivity index (χ0) is 15.1. The molecule has 21 heavy (non-hydrogen) atoms. The Kier molecular flexibility index (Phi) is 5.85. The van der Waals surface area contributed by atoms with Crippen molar-refractivity contribution in [2.45, 2.75) is 39.0 Å². The van der Waals surface area contributed by atoms with Crippen LogP contribution in [-0.2, 0) is 6.42 Å². The minimum atomic E-state index is 0.428. The van der Waals surface area contributed by atoms with Gasteiger partial charge in [-0.15, -0.1) is 0 Å². The van der Waals surface area contributed by atoms with Crippen molar-refractivity contribution < 1.29 is 0 Å². The van der Waals surface area contributed by atoms with Crippen molar-refractivity contribution >= 4 is 17.6 Å². The van der Waals surface area contributed by atoms with Gasteiger partial charge >= 0.3 is 0 Å². The summed E-state index contributed by atoms with van der Waals surface area (Å²) in [6, 6.07) is 3.83. The van der Waals surface area contributed by atoms with E-state index < -0.39 is 0 Å². The van der Waals surface area contributed by atoms with Crippen molar-refractivity contribution in [3.05, 3.63) is 29.0 Å². The van der Waals surface area contributed by atoms with Crippen molar-refractivity contribution in [1.29, 1.82) is 0 Å². The van der Waals surface area contributed by atoms with E-state index in [0.717, 1.165) is 25.5 Å². The Morgan fingerprint density at radius 1 is 1.33 bits per heavy atom. The summed E-state index contributed by atoms with van der Waals surface area (Å²) in [6.07, 6.45) is 8.06. The van der Waals surface area contributed by atoms with Crippen LogP contribution in [0, 0.1) is 5.41 Å². The Hall–Kier alpha value is -1.29. The van der Waals surface area contributed by atoms with Crippen molar-refractivity contribution in [3.63, 3.8) is 0 Å². The second-order valence-corrected chi connectivity index (χ2v) is 6.50. The van der Waals surface area contributed by atoms with E-state index in [4.69, 9.17) is 11.6 Å². The number of aromatic nitrogens is 1. The van der Waals surface area contributed by atoms with Crippen LogP contribution in [0.2, 0.25) is 5.15 Å². The molecule has 1 fully saturated rings. The number of nitrogens with zero attached hydrogens (tertiary/aromatic N) is 2. The van der Waals surface area contributed by atoms with Gasteiger partial charge in [-0.05, 0) is 36.3 Å². The average Bonchev–Trinajstić information content (AvgIpc) is 2.92. The molecule has 116 valence electrons. The molecule has 1 saturated carbocycles. The van der Waals surface area contributed by atoms with E-state index in [0.29, 0.717) is 10.6 Å². The second-order valence-electron chi connectivity index (χ2n) is 6.11. The van der Waals surface area contributed by atoms with Crippen LogP contribution in [0.4, 0.5) is 0 Å². The summed E-state index contributed by atoms with van der Waals surface area (Å²) < 4.78 is 0. The van der Waals surface area contributed by atoms with Gasteiger partial charge in [0.15, 0.2) is 5.96 Å². The molecule has 5 heteroatoms. The summed E-state index contributed by atoms with van der Waals surface area (Å²) in [7, 11) is 1.82.